The minimum absolute atomic E-state index is 0.0396. The summed E-state index contributed by atoms with van der Waals surface area (Å²) < 4.78 is 1.13. The Morgan fingerprint density at radius 3 is 2.58 bits per heavy atom. The summed E-state index contributed by atoms with van der Waals surface area (Å²) in [6.07, 6.45) is 0.122. The number of carbonyl (C=O) groups excluding carboxylic acids is 1. The van der Waals surface area contributed by atoms with Gasteiger partial charge in [-0.05, 0) is 18.1 Å². The fourth-order valence-electron chi connectivity index (χ4n) is 2.87. The van der Waals surface area contributed by atoms with Crippen molar-refractivity contribution in [1.29, 1.82) is 0 Å². The van der Waals surface area contributed by atoms with Gasteiger partial charge in [-0.25, -0.2) is 4.98 Å². The van der Waals surface area contributed by atoms with E-state index in [0.717, 1.165) is 15.2 Å². The van der Waals surface area contributed by atoms with E-state index >= 15 is 0 Å². The van der Waals surface area contributed by atoms with Crippen molar-refractivity contribution in [3.8, 4) is 0 Å². The van der Waals surface area contributed by atoms with Gasteiger partial charge in [0.15, 0.2) is 0 Å². The molecular formula is C19H28N2O2S. The van der Waals surface area contributed by atoms with Crippen LogP contribution in [-0.4, -0.2) is 33.5 Å². The van der Waals surface area contributed by atoms with Crippen molar-refractivity contribution in [3.63, 3.8) is 0 Å². The number of benzene rings is 1. The van der Waals surface area contributed by atoms with Crippen molar-refractivity contribution < 1.29 is 9.90 Å². The molecule has 1 fully saturated rings. The van der Waals surface area contributed by atoms with E-state index < -0.39 is 6.10 Å². The normalized spacial score (nSPS) is 21.7. The van der Waals surface area contributed by atoms with Gasteiger partial charge in [-0.1, -0.05) is 46.8 Å². The molecule has 0 saturated carbocycles. The van der Waals surface area contributed by atoms with Crippen LogP contribution in [0, 0.1) is 11.8 Å². The van der Waals surface area contributed by atoms with Crippen LogP contribution in [0.1, 0.15) is 52.1 Å². The number of aromatic nitrogens is 1. The number of para-hydroxylation sites is 1. The molecule has 4 nitrogen and oxygen atoms in total. The van der Waals surface area contributed by atoms with Crippen molar-refractivity contribution >= 4 is 27.5 Å². The summed E-state index contributed by atoms with van der Waals surface area (Å²) >= 11 is 1.62. The first-order chi connectivity index (χ1) is 11.5. The Bertz CT molecular complexity index is 650. The van der Waals surface area contributed by atoms with Gasteiger partial charge >= 0.3 is 0 Å². The first-order valence-corrected chi connectivity index (χ1v) is 9.63. The van der Waals surface area contributed by atoms with Crippen LogP contribution in [0.3, 0.4) is 0 Å². The zero-order valence-corrected chi connectivity index (χ0v) is 16.0. The van der Waals surface area contributed by atoms with Crippen LogP contribution in [-0.2, 0) is 4.79 Å². The largest absolute Gasteiger partial charge is 0.391 e. The number of carbonyl (C=O) groups is 1. The summed E-state index contributed by atoms with van der Waals surface area (Å²) in [6, 6.07) is 7.91. The summed E-state index contributed by atoms with van der Waals surface area (Å²) in [6.45, 7) is 10.5. The van der Waals surface area contributed by atoms with Gasteiger partial charge in [0, 0.05) is 18.9 Å². The number of amides is 1. The van der Waals surface area contributed by atoms with E-state index in [1.165, 1.54) is 0 Å². The molecule has 5 heteroatoms. The lowest BCUT2D eigenvalue weighted by atomic mass is 9.96. The number of aliphatic hydroxyl groups is 1. The molecule has 3 rings (SSSR count). The maximum Gasteiger partial charge on any atom is 0.226 e. The molecule has 3 atom stereocenters. The van der Waals surface area contributed by atoms with E-state index in [-0.39, 0.29) is 17.9 Å². The molecule has 132 valence electrons. The summed E-state index contributed by atoms with van der Waals surface area (Å²) in [4.78, 5) is 19.2. The molecule has 3 unspecified atom stereocenters. The molecule has 0 aliphatic carbocycles. The number of nitrogens with zero attached hydrogens (tertiary/aromatic N) is 2. The van der Waals surface area contributed by atoms with Gasteiger partial charge < -0.3 is 10.0 Å². The number of aliphatic hydroxyl groups excluding tert-OH is 1. The van der Waals surface area contributed by atoms with E-state index in [1.54, 1.807) is 11.3 Å². The minimum Gasteiger partial charge on any atom is -0.391 e. The fourth-order valence-corrected chi connectivity index (χ4v) is 3.96. The van der Waals surface area contributed by atoms with Gasteiger partial charge in [-0.15, -0.1) is 11.3 Å². The van der Waals surface area contributed by atoms with Gasteiger partial charge in [0.2, 0.25) is 5.91 Å². The van der Waals surface area contributed by atoms with Crippen LogP contribution >= 0.6 is 11.3 Å². The average molecular weight is 349 g/mol. The smallest absolute Gasteiger partial charge is 0.226 e. The molecule has 2 aromatic rings. The van der Waals surface area contributed by atoms with Crippen LogP contribution < -0.4 is 0 Å². The number of thiazole rings is 1. The Morgan fingerprint density at radius 2 is 1.96 bits per heavy atom. The third-order valence-corrected chi connectivity index (χ3v) is 5.68. The van der Waals surface area contributed by atoms with Crippen LogP contribution in [0.5, 0.6) is 0 Å². The van der Waals surface area contributed by atoms with Crippen molar-refractivity contribution in [2.45, 2.75) is 53.2 Å². The maximum atomic E-state index is 12.7. The summed E-state index contributed by atoms with van der Waals surface area (Å²) in [5, 5.41) is 11.0. The van der Waals surface area contributed by atoms with Crippen molar-refractivity contribution in [2.24, 2.45) is 11.8 Å². The molecule has 2 heterocycles. The highest BCUT2D eigenvalue weighted by Gasteiger charge is 2.39. The molecule has 1 aromatic heterocycles. The van der Waals surface area contributed by atoms with E-state index in [0.29, 0.717) is 18.9 Å². The van der Waals surface area contributed by atoms with Crippen LogP contribution in [0.4, 0.5) is 0 Å². The quantitative estimate of drug-likeness (QED) is 0.902. The van der Waals surface area contributed by atoms with E-state index in [9.17, 15) is 9.90 Å². The van der Waals surface area contributed by atoms with E-state index in [2.05, 4.69) is 18.8 Å². The Labute approximate surface area is 148 Å². The SMILES string of the molecule is CC.CC(C)C(C)C(=O)N1CC(O)CC1c1nc2ccccc2s1. The number of rotatable bonds is 3. The first kappa shape index (κ1) is 18.9. The molecule has 0 bridgehead atoms. The molecule has 1 amide bonds. The first-order valence-electron chi connectivity index (χ1n) is 8.81. The molecule has 1 aromatic carbocycles. The summed E-state index contributed by atoms with van der Waals surface area (Å²) in [5.74, 6) is 0.374. The monoisotopic (exact) mass is 348 g/mol. The van der Waals surface area contributed by atoms with Gasteiger partial charge in [-0.3, -0.25) is 4.79 Å². The minimum atomic E-state index is -0.458. The van der Waals surface area contributed by atoms with Gasteiger partial charge in [0.05, 0.1) is 22.4 Å². The second-order valence-corrected chi connectivity index (χ2v) is 7.51. The summed E-state index contributed by atoms with van der Waals surface area (Å²) in [5.41, 5.74) is 0.966. The molecule has 0 radical (unpaired) electrons. The van der Waals surface area contributed by atoms with Crippen LogP contribution in [0.15, 0.2) is 24.3 Å². The molecule has 0 spiro atoms. The number of hydrogen-bond donors (Lipinski definition) is 1. The second-order valence-electron chi connectivity index (χ2n) is 6.45. The van der Waals surface area contributed by atoms with E-state index in [4.69, 9.17) is 0 Å². The number of fused-ring (bicyclic) bond motifs is 1. The van der Waals surface area contributed by atoms with Gasteiger partial charge in [0.1, 0.15) is 5.01 Å². The molecule has 24 heavy (non-hydrogen) atoms. The fraction of sp³-hybridized carbons (Fsp3) is 0.579. The van der Waals surface area contributed by atoms with Crippen molar-refractivity contribution in [1.82, 2.24) is 9.88 Å². The van der Waals surface area contributed by atoms with Gasteiger partial charge in [0.25, 0.3) is 0 Å². The Kier molecular flexibility index (Phi) is 6.35. The van der Waals surface area contributed by atoms with Crippen LogP contribution in [0.2, 0.25) is 0 Å². The van der Waals surface area contributed by atoms with Crippen LogP contribution in [0.25, 0.3) is 10.2 Å². The standard InChI is InChI=1S/C17H22N2O2S.C2H6/c1-10(2)11(3)17(21)19-9-12(20)8-14(19)16-18-13-6-4-5-7-15(13)22-16;1-2/h4-7,10-12,14,20H,8-9H2,1-3H3;1-2H3. The predicted molar refractivity (Wildman–Crippen MR) is 100 cm³/mol. The lowest BCUT2D eigenvalue weighted by Crippen LogP contribution is -2.37. The molecule has 1 aliphatic rings. The molecular weight excluding hydrogens is 320 g/mol. The third-order valence-electron chi connectivity index (χ3n) is 4.55. The molecule has 1 saturated heterocycles. The zero-order valence-electron chi connectivity index (χ0n) is 15.2. The predicted octanol–water partition coefficient (Wildman–Crippen LogP) is 4.25. The highest BCUT2D eigenvalue weighted by atomic mass is 32.1. The number of β-amino-alcohol motifs (C(OH)–C–C–N with tert-alkyl or cyclic N) is 1. The van der Waals surface area contributed by atoms with E-state index in [1.807, 2.05) is 49.9 Å². The summed E-state index contributed by atoms with van der Waals surface area (Å²) in [7, 11) is 0. The van der Waals surface area contributed by atoms with Crippen molar-refractivity contribution in [3.05, 3.63) is 29.3 Å². The molecule has 1 N–H and O–H groups in total. The third kappa shape index (κ3) is 3.78. The van der Waals surface area contributed by atoms with Crippen molar-refractivity contribution in [2.75, 3.05) is 6.54 Å². The lowest BCUT2D eigenvalue weighted by Gasteiger charge is -2.27. The average Bonchev–Trinajstić information content (AvgIpc) is 3.18. The Hall–Kier alpha value is -1.46. The Balaban J connectivity index is 0.00000100. The topological polar surface area (TPSA) is 53.4 Å². The lowest BCUT2D eigenvalue weighted by molar-refractivity contribution is -0.137. The molecule has 1 aliphatic heterocycles. The number of hydrogen-bond acceptors (Lipinski definition) is 4. The van der Waals surface area contributed by atoms with Gasteiger partial charge in [-0.2, -0.15) is 0 Å². The maximum absolute atomic E-state index is 12.7. The Morgan fingerprint density at radius 1 is 1.29 bits per heavy atom. The second kappa shape index (κ2) is 8.08. The zero-order chi connectivity index (χ0) is 17.9. The highest BCUT2D eigenvalue weighted by Crippen LogP contribution is 2.37. The number of likely N-dealkylation sites (tertiary alicyclic amines) is 1. The highest BCUT2D eigenvalue weighted by molar-refractivity contribution is 7.18.